The van der Waals surface area contributed by atoms with Crippen LogP contribution in [0.15, 0.2) is 24.3 Å². The van der Waals surface area contributed by atoms with Crippen LogP contribution in [0.5, 0.6) is 0 Å². The summed E-state index contributed by atoms with van der Waals surface area (Å²) < 4.78 is 37.7. The molecule has 1 atom stereocenters. The average molecular weight is 231 g/mol. The number of alkyl halides is 3. The van der Waals surface area contributed by atoms with Gasteiger partial charge in [0.05, 0.1) is 0 Å². The fraction of sp³-hybridized carbons (Fsp3) is 0.500. The van der Waals surface area contributed by atoms with E-state index in [1.165, 1.54) is 6.07 Å². The highest BCUT2D eigenvalue weighted by molar-refractivity contribution is 5.35. The van der Waals surface area contributed by atoms with Gasteiger partial charge in [0, 0.05) is 0 Å². The van der Waals surface area contributed by atoms with E-state index in [4.69, 9.17) is 5.73 Å². The molecule has 0 saturated carbocycles. The van der Waals surface area contributed by atoms with E-state index >= 15 is 0 Å². The Morgan fingerprint density at radius 2 is 1.56 bits per heavy atom. The molecule has 4 heteroatoms. The van der Waals surface area contributed by atoms with Gasteiger partial charge in [-0.25, -0.2) is 0 Å². The van der Waals surface area contributed by atoms with Crippen molar-refractivity contribution in [2.75, 3.05) is 0 Å². The van der Waals surface area contributed by atoms with Crippen molar-refractivity contribution in [2.45, 2.75) is 38.4 Å². The van der Waals surface area contributed by atoms with Crippen LogP contribution in [0.4, 0.5) is 13.2 Å². The third kappa shape index (κ3) is 2.76. The molecule has 0 bridgehead atoms. The fourth-order valence-corrected chi connectivity index (χ4v) is 1.63. The molecule has 0 unspecified atom stereocenters. The van der Waals surface area contributed by atoms with Gasteiger partial charge in [-0.2, -0.15) is 13.2 Å². The first-order chi connectivity index (χ1) is 7.14. The van der Waals surface area contributed by atoms with Crippen molar-refractivity contribution in [3.8, 4) is 0 Å². The molecule has 0 aliphatic rings. The fourth-order valence-electron chi connectivity index (χ4n) is 1.63. The molecule has 0 radical (unpaired) electrons. The zero-order valence-electron chi connectivity index (χ0n) is 9.60. The van der Waals surface area contributed by atoms with Crippen LogP contribution in [0.3, 0.4) is 0 Å². The topological polar surface area (TPSA) is 26.0 Å². The molecule has 1 aromatic rings. The van der Waals surface area contributed by atoms with Gasteiger partial charge in [0.15, 0.2) is 0 Å². The largest absolute Gasteiger partial charge is 0.407 e. The molecule has 0 spiro atoms. The van der Waals surface area contributed by atoms with Crippen LogP contribution in [0.1, 0.15) is 37.9 Å². The Balaban J connectivity index is 3.25. The van der Waals surface area contributed by atoms with Crippen molar-refractivity contribution in [1.82, 2.24) is 0 Å². The van der Waals surface area contributed by atoms with E-state index in [1.54, 1.807) is 18.2 Å². The van der Waals surface area contributed by atoms with E-state index in [9.17, 15) is 13.2 Å². The van der Waals surface area contributed by atoms with Gasteiger partial charge in [-0.3, -0.25) is 0 Å². The molecule has 0 aromatic heterocycles. The molecular weight excluding hydrogens is 215 g/mol. The Morgan fingerprint density at radius 1 is 1.06 bits per heavy atom. The third-order valence-corrected chi connectivity index (χ3v) is 2.46. The van der Waals surface area contributed by atoms with E-state index in [2.05, 4.69) is 0 Å². The maximum atomic E-state index is 12.6. The highest BCUT2D eigenvalue weighted by Crippen LogP contribution is 2.36. The Hall–Kier alpha value is -1.03. The predicted octanol–water partition coefficient (Wildman–Crippen LogP) is 3.55. The molecule has 0 amide bonds. The van der Waals surface area contributed by atoms with Gasteiger partial charge in [0.2, 0.25) is 0 Å². The standard InChI is InChI=1S/C12H16F3N/c1-11(2,3)9-7-5-4-6-8(9)10(16)12(13,14)15/h4-7,10H,16H2,1-3H3/t10-/m1/s1. The first-order valence-electron chi connectivity index (χ1n) is 5.05. The summed E-state index contributed by atoms with van der Waals surface area (Å²) in [4.78, 5) is 0. The molecule has 2 N–H and O–H groups in total. The van der Waals surface area contributed by atoms with E-state index in [0.29, 0.717) is 5.56 Å². The number of halogens is 3. The molecule has 0 fully saturated rings. The van der Waals surface area contributed by atoms with E-state index in [0.717, 1.165) is 0 Å². The number of rotatable bonds is 1. The lowest BCUT2D eigenvalue weighted by molar-refractivity contribution is -0.149. The van der Waals surface area contributed by atoms with Crippen molar-refractivity contribution >= 4 is 0 Å². The van der Waals surface area contributed by atoms with Crippen LogP contribution >= 0.6 is 0 Å². The van der Waals surface area contributed by atoms with Crippen LogP contribution in [-0.4, -0.2) is 6.18 Å². The van der Waals surface area contributed by atoms with Crippen LogP contribution in [-0.2, 0) is 5.41 Å². The van der Waals surface area contributed by atoms with Crippen LogP contribution < -0.4 is 5.73 Å². The van der Waals surface area contributed by atoms with Gasteiger partial charge < -0.3 is 5.73 Å². The van der Waals surface area contributed by atoms with Crippen molar-refractivity contribution in [1.29, 1.82) is 0 Å². The molecule has 1 rings (SSSR count). The molecule has 0 aliphatic heterocycles. The minimum absolute atomic E-state index is 0.155. The van der Waals surface area contributed by atoms with Crippen LogP contribution in [0.2, 0.25) is 0 Å². The normalized spacial score (nSPS) is 14.9. The molecule has 90 valence electrons. The SMILES string of the molecule is CC(C)(C)c1ccccc1[C@@H](N)C(F)(F)F. The monoisotopic (exact) mass is 231 g/mol. The molecule has 1 aromatic carbocycles. The van der Waals surface area contributed by atoms with Crippen molar-refractivity contribution in [3.05, 3.63) is 35.4 Å². The second-order valence-corrected chi connectivity index (χ2v) is 4.86. The lowest BCUT2D eigenvalue weighted by Crippen LogP contribution is -2.31. The maximum absolute atomic E-state index is 12.6. The minimum atomic E-state index is -4.40. The van der Waals surface area contributed by atoms with E-state index < -0.39 is 12.2 Å². The summed E-state index contributed by atoms with van der Waals surface area (Å²) in [5.74, 6) is 0. The van der Waals surface area contributed by atoms with Gasteiger partial charge in [0.1, 0.15) is 6.04 Å². The van der Waals surface area contributed by atoms with Gasteiger partial charge in [0.25, 0.3) is 0 Å². The molecule has 0 heterocycles. The molecule has 0 aliphatic carbocycles. The first-order valence-corrected chi connectivity index (χ1v) is 5.05. The zero-order chi connectivity index (χ0) is 12.6. The van der Waals surface area contributed by atoms with E-state index in [-0.39, 0.29) is 11.0 Å². The summed E-state index contributed by atoms with van der Waals surface area (Å²) in [6.07, 6.45) is -4.40. The summed E-state index contributed by atoms with van der Waals surface area (Å²) in [5.41, 5.74) is 5.69. The molecule has 1 nitrogen and oxygen atoms in total. The van der Waals surface area contributed by atoms with Crippen LogP contribution in [0.25, 0.3) is 0 Å². The van der Waals surface area contributed by atoms with Gasteiger partial charge in [-0.15, -0.1) is 0 Å². The Kier molecular flexibility index (Phi) is 3.33. The number of hydrogen-bond acceptors (Lipinski definition) is 1. The van der Waals surface area contributed by atoms with Gasteiger partial charge in [-0.05, 0) is 16.5 Å². The average Bonchev–Trinajstić information content (AvgIpc) is 2.14. The second-order valence-electron chi connectivity index (χ2n) is 4.86. The zero-order valence-corrected chi connectivity index (χ0v) is 9.60. The van der Waals surface area contributed by atoms with Crippen LogP contribution in [0, 0.1) is 0 Å². The summed E-state index contributed by atoms with van der Waals surface area (Å²) in [5, 5.41) is 0. The summed E-state index contributed by atoms with van der Waals surface area (Å²) >= 11 is 0. The number of nitrogens with two attached hydrogens (primary N) is 1. The smallest absolute Gasteiger partial charge is 0.316 e. The highest BCUT2D eigenvalue weighted by Gasteiger charge is 2.39. The summed E-state index contributed by atoms with van der Waals surface area (Å²) in [7, 11) is 0. The quantitative estimate of drug-likeness (QED) is 0.786. The highest BCUT2D eigenvalue weighted by atomic mass is 19.4. The number of benzene rings is 1. The Bertz CT molecular complexity index is 363. The van der Waals surface area contributed by atoms with Crippen molar-refractivity contribution in [2.24, 2.45) is 5.73 Å². The lowest BCUT2D eigenvalue weighted by atomic mass is 9.82. The molecule has 0 saturated heterocycles. The van der Waals surface area contributed by atoms with E-state index in [1.807, 2.05) is 20.8 Å². The Morgan fingerprint density at radius 3 is 2.00 bits per heavy atom. The van der Waals surface area contributed by atoms with Crippen molar-refractivity contribution in [3.63, 3.8) is 0 Å². The van der Waals surface area contributed by atoms with Gasteiger partial charge in [-0.1, -0.05) is 45.0 Å². The third-order valence-electron chi connectivity index (χ3n) is 2.46. The molecule has 16 heavy (non-hydrogen) atoms. The molecular formula is C12H16F3N. The lowest BCUT2D eigenvalue weighted by Gasteiger charge is -2.26. The maximum Gasteiger partial charge on any atom is 0.407 e. The van der Waals surface area contributed by atoms with Crippen molar-refractivity contribution < 1.29 is 13.2 Å². The predicted molar refractivity (Wildman–Crippen MR) is 58.1 cm³/mol. The summed E-state index contributed by atoms with van der Waals surface area (Å²) in [6.45, 7) is 5.61. The second kappa shape index (κ2) is 4.09. The Labute approximate surface area is 93.5 Å². The number of hydrogen-bond donors (Lipinski definition) is 1. The minimum Gasteiger partial charge on any atom is -0.316 e. The summed E-state index contributed by atoms with van der Waals surface area (Å²) in [6, 6.07) is 4.53. The first kappa shape index (κ1) is 13.0. The van der Waals surface area contributed by atoms with Gasteiger partial charge >= 0.3 is 6.18 Å².